The molecule has 1 aromatic carbocycles. The van der Waals surface area contributed by atoms with E-state index in [2.05, 4.69) is 10.1 Å². The molecular formula is C15H16FN3O2. The highest BCUT2D eigenvalue weighted by atomic mass is 19.1. The van der Waals surface area contributed by atoms with Crippen molar-refractivity contribution in [2.45, 2.75) is 0 Å². The highest BCUT2D eigenvalue weighted by molar-refractivity contribution is 5.93. The SMILES string of the molecule is CN1CCN(C(=O)c2cc(-c3ccc(F)cc3)on2)CC1. The van der Waals surface area contributed by atoms with E-state index in [1.54, 1.807) is 23.1 Å². The zero-order valence-corrected chi connectivity index (χ0v) is 11.8. The highest BCUT2D eigenvalue weighted by Gasteiger charge is 2.23. The van der Waals surface area contributed by atoms with Crippen molar-refractivity contribution in [3.05, 3.63) is 41.8 Å². The number of benzene rings is 1. The van der Waals surface area contributed by atoms with Crippen molar-refractivity contribution in [3.8, 4) is 11.3 Å². The van der Waals surface area contributed by atoms with Crippen LogP contribution < -0.4 is 0 Å². The van der Waals surface area contributed by atoms with Crippen LogP contribution in [0.4, 0.5) is 4.39 Å². The standard InChI is InChI=1S/C15H16FN3O2/c1-18-6-8-19(9-7-18)15(20)13-10-14(21-17-13)11-2-4-12(16)5-3-11/h2-5,10H,6-9H2,1H3. The maximum Gasteiger partial charge on any atom is 0.276 e. The minimum absolute atomic E-state index is 0.125. The molecule has 0 radical (unpaired) electrons. The molecule has 6 heteroatoms. The summed E-state index contributed by atoms with van der Waals surface area (Å²) < 4.78 is 18.1. The number of carbonyl (C=O) groups is 1. The average Bonchev–Trinajstić information content (AvgIpc) is 2.98. The van der Waals surface area contributed by atoms with Gasteiger partial charge in [-0.1, -0.05) is 5.16 Å². The third-order valence-electron chi connectivity index (χ3n) is 3.65. The zero-order chi connectivity index (χ0) is 14.8. The molecule has 1 amide bonds. The lowest BCUT2D eigenvalue weighted by Crippen LogP contribution is -2.47. The fourth-order valence-electron chi connectivity index (χ4n) is 2.30. The summed E-state index contributed by atoms with van der Waals surface area (Å²) in [5.41, 5.74) is 0.986. The molecule has 5 nitrogen and oxygen atoms in total. The van der Waals surface area contributed by atoms with Crippen LogP contribution in [-0.4, -0.2) is 54.1 Å². The van der Waals surface area contributed by atoms with Crippen LogP contribution in [0.25, 0.3) is 11.3 Å². The van der Waals surface area contributed by atoms with E-state index in [9.17, 15) is 9.18 Å². The smallest absolute Gasteiger partial charge is 0.276 e. The molecule has 0 bridgehead atoms. The largest absolute Gasteiger partial charge is 0.355 e. The van der Waals surface area contributed by atoms with Gasteiger partial charge in [-0.2, -0.15) is 0 Å². The van der Waals surface area contributed by atoms with Gasteiger partial charge in [-0.25, -0.2) is 4.39 Å². The number of likely N-dealkylation sites (N-methyl/N-ethyl adjacent to an activating group) is 1. The number of carbonyl (C=O) groups excluding carboxylic acids is 1. The van der Waals surface area contributed by atoms with Gasteiger partial charge in [0.05, 0.1) is 0 Å². The predicted octanol–water partition coefficient (Wildman–Crippen LogP) is 1.87. The Hall–Kier alpha value is -2.21. The van der Waals surface area contributed by atoms with E-state index in [0.29, 0.717) is 30.1 Å². The molecule has 110 valence electrons. The highest BCUT2D eigenvalue weighted by Crippen LogP contribution is 2.21. The van der Waals surface area contributed by atoms with Gasteiger partial charge >= 0.3 is 0 Å². The maximum atomic E-state index is 12.9. The van der Waals surface area contributed by atoms with Gasteiger partial charge in [0.15, 0.2) is 11.5 Å². The van der Waals surface area contributed by atoms with Crippen molar-refractivity contribution in [3.63, 3.8) is 0 Å². The molecule has 1 aliphatic rings. The Bertz CT molecular complexity index is 631. The third-order valence-corrected chi connectivity index (χ3v) is 3.65. The summed E-state index contributed by atoms with van der Waals surface area (Å²) >= 11 is 0. The van der Waals surface area contributed by atoms with E-state index in [0.717, 1.165) is 13.1 Å². The van der Waals surface area contributed by atoms with E-state index in [4.69, 9.17) is 4.52 Å². The second-order valence-electron chi connectivity index (χ2n) is 5.18. The number of aromatic nitrogens is 1. The minimum atomic E-state index is -0.313. The van der Waals surface area contributed by atoms with Crippen molar-refractivity contribution in [1.29, 1.82) is 0 Å². The lowest BCUT2D eigenvalue weighted by atomic mass is 10.1. The lowest BCUT2D eigenvalue weighted by Gasteiger charge is -2.31. The van der Waals surface area contributed by atoms with Gasteiger partial charge in [0, 0.05) is 37.8 Å². The van der Waals surface area contributed by atoms with E-state index in [1.807, 2.05) is 7.05 Å². The third kappa shape index (κ3) is 2.95. The van der Waals surface area contributed by atoms with E-state index in [1.165, 1.54) is 12.1 Å². The molecule has 0 unspecified atom stereocenters. The van der Waals surface area contributed by atoms with Crippen molar-refractivity contribution >= 4 is 5.91 Å². The average molecular weight is 289 g/mol. The van der Waals surface area contributed by atoms with Crippen LogP contribution in [-0.2, 0) is 0 Å². The van der Waals surface area contributed by atoms with Gasteiger partial charge in [0.1, 0.15) is 5.82 Å². The molecule has 0 saturated carbocycles. The number of nitrogens with zero attached hydrogens (tertiary/aromatic N) is 3. The topological polar surface area (TPSA) is 49.6 Å². The summed E-state index contributed by atoms with van der Waals surface area (Å²) in [6.45, 7) is 3.09. The van der Waals surface area contributed by atoms with E-state index in [-0.39, 0.29) is 11.7 Å². The number of rotatable bonds is 2. The van der Waals surface area contributed by atoms with Crippen molar-refractivity contribution in [2.24, 2.45) is 0 Å². The monoisotopic (exact) mass is 289 g/mol. The Morgan fingerprint density at radius 3 is 2.52 bits per heavy atom. The number of hydrogen-bond donors (Lipinski definition) is 0. The molecule has 0 spiro atoms. The Labute approximate surface area is 121 Å². The Kier molecular flexibility index (Phi) is 3.70. The van der Waals surface area contributed by atoms with Gasteiger partial charge < -0.3 is 14.3 Å². The van der Waals surface area contributed by atoms with Crippen LogP contribution in [0.1, 0.15) is 10.5 Å². The number of amides is 1. The van der Waals surface area contributed by atoms with Crippen LogP contribution in [0.2, 0.25) is 0 Å². The quantitative estimate of drug-likeness (QED) is 0.847. The van der Waals surface area contributed by atoms with Gasteiger partial charge in [-0.3, -0.25) is 4.79 Å². The predicted molar refractivity (Wildman–Crippen MR) is 75.3 cm³/mol. The first kappa shape index (κ1) is 13.8. The molecule has 2 aromatic rings. The molecule has 0 aliphatic carbocycles. The Balaban J connectivity index is 1.75. The van der Waals surface area contributed by atoms with Crippen molar-refractivity contribution < 1.29 is 13.7 Å². The first-order valence-corrected chi connectivity index (χ1v) is 6.84. The van der Waals surface area contributed by atoms with E-state index < -0.39 is 0 Å². The molecule has 0 atom stereocenters. The van der Waals surface area contributed by atoms with Crippen molar-refractivity contribution in [1.82, 2.24) is 15.0 Å². The Morgan fingerprint density at radius 1 is 1.19 bits per heavy atom. The second kappa shape index (κ2) is 5.65. The van der Waals surface area contributed by atoms with E-state index >= 15 is 0 Å². The maximum absolute atomic E-state index is 12.9. The van der Waals surface area contributed by atoms with Gasteiger partial charge in [0.25, 0.3) is 5.91 Å². The first-order chi connectivity index (χ1) is 10.1. The number of hydrogen-bond acceptors (Lipinski definition) is 4. The van der Waals surface area contributed by atoms with Crippen LogP contribution >= 0.6 is 0 Å². The zero-order valence-electron chi connectivity index (χ0n) is 11.8. The fourth-order valence-corrected chi connectivity index (χ4v) is 2.30. The molecule has 1 saturated heterocycles. The number of halogens is 1. The lowest BCUT2D eigenvalue weighted by molar-refractivity contribution is 0.0654. The second-order valence-corrected chi connectivity index (χ2v) is 5.18. The normalized spacial score (nSPS) is 16.2. The van der Waals surface area contributed by atoms with Gasteiger partial charge in [-0.05, 0) is 31.3 Å². The molecule has 1 aliphatic heterocycles. The first-order valence-electron chi connectivity index (χ1n) is 6.84. The summed E-state index contributed by atoms with van der Waals surface area (Å²) in [4.78, 5) is 16.3. The fraction of sp³-hybridized carbons (Fsp3) is 0.333. The molecular weight excluding hydrogens is 273 g/mol. The van der Waals surface area contributed by atoms with Crippen LogP contribution in [0.3, 0.4) is 0 Å². The number of piperazine rings is 1. The molecule has 1 aromatic heterocycles. The Morgan fingerprint density at radius 2 is 1.86 bits per heavy atom. The minimum Gasteiger partial charge on any atom is -0.355 e. The molecule has 0 N–H and O–H groups in total. The molecule has 2 heterocycles. The molecule has 3 rings (SSSR count). The van der Waals surface area contributed by atoms with Gasteiger partial charge in [-0.15, -0.1) is 0 Å². The summed E-state index contributed by atoms with van der Waals surface area (Å²) in [6, 6.07) is 7.49. The summed E-state index contributed by atoms with van der Waals surface area (Å²) in [5.74, 6) is 0.0275. The molecule has 1 fully saturated rings. The van der Waals surface area contributed by atoms with Crippen LogP contribution in [0, 0.1) is 5.82 Å². The van der Waals surface area contributed by atoms with Crippen molar-refractivity contribution in [2.75, 3.05) is 33.2 Å². The van der Waals surface area contributed by atoms with Crippen LogP contribution in [0.15, 0.2) is 34.9 Å². The summed E-state index contributed by atoms with van der Waals surface area (Å²) in [5, 5.41) is 3.84. The summed E-state index contributed by atoms with van der Waals surface area (Å²) in [7, 11) is 2.03. The van der Waals surface area contributed by atoms with Gasteiger partial charge in [0.2, 0.25) is 0 Å². The molecule has 21 heavy (non-hydrogen) atoms. The summed E-state index contributed by atoms with van der Waals surface area (Å²) in [6.07, 6.45) is 0. The van der Waals surface area contributed by atoms with Crippen LogP contribution in [0.5, 0.6) is 0 Å².